The molecule has 0 unspecified atom stereocenters. The van der Waals surface area contributed by atoms with Crippen LogP contribution in [0.25, 0.3) is 11.0 Å². The van der Waals surface area contributed by atoms with Crippen LogP contribution in [0.1, 0.15) is 32.5 Å². The lowest BCUT2D eigenvalue weighted by atomic mass is 10.2. The van der Waals surface area contributed by atoms with E-state index in [0.717, 1.165) is 47.7 Å². The minimum atomic E-state index is -0.00611. The van der Waals surface area contributed by atoms with E-state index in [-0.39, 0.29) is 11.8 Å². The molecule has 0 aliphatic rings. The maximum absolute atomic E-state index is 11.8. The molecule has 3 aromatic rings. The number of aromatic nitrogens is 2. The molecule has 0 aliphatic carbocycles. The Morgan fingerprint density at radius 1 is 1.10 bits per heavy atom. The first kappa shape index (κ1) is 21.7. The highest BCUT2D eigenvalue weighted by Gasteiger charge is 2.11. The lowest BCUT2D eigenvalue weighted by Gasteiger charge is -2.11. The SMILES string of the molecule is COc1cccc(OCCCCn2c(CCNC(=O)C(C)C)nc3ccccc32)c1. The number of amides is 1. The van der Waals surface area contributed by atoms with Gasteiger partial charge in [0.25, 0.3) is 0 Å². The van der Waals surface area contributed by atoms with Gasteiger partial charge in [-0.1, -0.05) is 32.0 Å². The second kappa shape index (κ2) is 10.7. The fourth-order valence-corrected chi connectivity index (χ4v) is 3.32. The van der Waals surface area contributed by atoms with Crippen LogP contribution in [0.15, 0.2) is 48.5 Å². The van der Waals surface area contributed by atoms with Gasteiger partial charge in [0.15, 0.2) is 0 Å². The first-order valence-electron chi connectivity index (χ1n) is 10.6. The minimum Gasteiger partial charge on any atom is -0.497 e. The Labute approximate surface area is 178 Å². The molecule has 6 heteroatoms. The molecule has 0 fully saturated rings. The summed E-state index contributed by atoms with van der Waals surface area (Å²) >= 11 is 0. The van der Waals surface area contributed by atoms with Crippen molar-refractivity contribution in [2.45, 2.75) is 39.7 Å². The van der Waals surface area contributed by atoms with Gasteiger partial charge >= 0.3 is 0 Å². The van der Waals surface area contributed by atoms with E-state index in [4.69, 9.17) is 14.5 Å². The van der Waals surface area contributed by atoms with Crippen molar-refractivity contribution < 1.29 is 14.3 Å². The van der Waals surface area contributed by atoms with Gasteiger partial charge in [-0.25, -0.2) is 4.98 Å². The van der Waals surface area contributed by atoms with Crippen molar-refractivity contribution >= 4 is 16.9 Å². The van der Waals surface area contributed by atoms with E-state index in [0.29, 0.717) is 19.6 Å². The number of aryl methyl sites for hydroxylation is 1. The van der Waals surface area contributed by atoms with Crippen molar-refractivity contribution in [2.24, 2.45) is 5.92 Å². The van der Waals surface area contributed by atoms with Crippen molar-refractivity contribution in [3.63, 3.8) is 0 Å². The molecule has 0 radical (unpaired) electrons. The number of nitrogens with zero attached hydrogens (tertiary/aromatic N) is 2. The molecular formula is C24H31N3O3. The number of benzene rings is 2. The minimum absolute atomic E-state index is 0.00611. The van der Waals surface area contributed by atoms with Gasteiger partial charge in [0, 0.05) is 31.5 Å². The Morgan fingerprint density at radius 3 is 2.70 bits per heavy atom. The average molecular weight is 410 g/mol. The molecule has 6 nitrogen and oxygen atoms in total. The predicted molar refractivity (Wildman–Crippen MR) is 119 cm³/mol. The lowest BCUT2D eigenvalue weighted by Crippen LogP contribution is -2.30. The van der Waals surface area contributed by atoms with Crippen LogP contribution in [0.2, 0.25) is 0 Å². The van der Waals surface area contributed by atoms with E-state index in [1.165, 1.54) is 0 Å². The number of hydrogen-bond acceptors (Lipinski definition) is 4. The zero-order valence-electron chi connectivity index (χ0n) is 18.1. The highest BCUT2D eigenvalue weighted by molar-refractivity contribution is 5.78. The third kappa shape index (κ3) is 5.75. The monoisotopic (exact) mass is 409 g/mol. The Hall–Kier alpha value is -3.02. The van der Waals surface area contributed by atoms with Gasteiger partial charge in [-0.15, -0.1) is 0 Å². The summed E-state index contributed by atoms with van der Waals surface area (Å²) in [5.74, 6) is 2.70. The van der Waals surface area contributed by atoms with Crippen LogP contribution in [-0.4, -0.2) is 35.7 Å². The maximum atomic E-state index is 11.8. The van der Waals surface area contributed by atoms with Gasteiger partial charge in [-0.2, -0.15) is 0 Å². The topological polar surface area (TPSA) is 65.4 Å². The third-order valence-corrected chi connectivity index (χ3v) is 4.99. The number of ether oxygens (including phenoxy) is 2. The normalized spacial score (nSPS) is 11.1. The number of rotatable bonds is 11. The number of unbranched alkanes of at least 4 members (excludes halogenated alkanes) is 1. The van der Waals surface area contributed by atoms with Crippen molar-refractivity contribution in [3.8, 4) is 11.5 Å². The quantitative estimate of drug-likeness (QED) is 0.482. The summed E-state index contributed by atoms with van der Waals surface area (Å²) in [5, 5.41) is 2.98. The van der Waals surface area contributed by atoms with E-state index >= 15 is 0 Å². The average Bonchev–Trinajstić information content (AvgIpc) is 3.11. The van der Waals surface area contributed by atoms with Gasteiger partial charge in [0.05, 0.1) is 24.8 Å². The molecule has 0 saturated carbocycles. The van der Waals surface area contributed by atoms with Gasteiger partial charge in [-0.3, -0.25) is 4.79 Å². The highest BCUT2D eigenvalue weighted by atomic mass is 16.5. The van der Waals surface area contributed by atoms with Crippen LogP contribution in [0.3, 0.4) is 0 Å². The van der Waals surface area contributed by atoms with E-state index in [9.17, 15) is 4.79 Å². The van der Waals surface area contributed by atoms with Gasteiger partial charge in [-0.05, 0) is 37.1 Å². The number of methoxy groups -OCH3 is 1. The number of nitrogens with one attached hydrogen (secondary N) is 1. The predicted octanol–water partition coefficient (Wildman–Crippen LogP) is 4.22. The molecule has 0 aliphatic heterocycles. The fraction of sp³-hybridized carbons (Fsp3) is 0.417. The van der Waals surface area contributed by atoms with E-state index in [1.807, 2.05) is 56.3 Å². The second-order valence-corrected chi connectivity index (χ2v) is 7.60. The van der Waals surface area contributed by atoms with Crippen LogP contribution in [0.4, 0.5) is 0 Å². The van der Waals surface area contributed by atoms with Crippen molar-refractivity contribution in [1.82, 2.24) is 14.9 Å². The van der Waals surface area contributed by atoms with Gasteiger partial charge in [0.1, 0.15) is 17.3 Å². The summed E-state index contributed by atoms with van der Waals surface area (Å²) in [6.07, 6.45) is 2.64. The third-order valence-electron chi connectivity index (χ3n) is 4.99. The number of hydrogen-bond donors (Lipinski definition) is 1. The van der Waals surface area contributed by atoms with Crippen molar-refractivity contribution in [2.75, 3.05) is 20.3 Å². The number of imidazole rings is 1. The molecule has 0 bridgehead atoms. The molecule has 0 atom stereocenters. The molecule has 0 spiro atoms. The highest BCUT2D eigenvalue weighted by Crippen LogP contribution is 2.20. The number of para-hydroxylation sites is 2. The molecule has 3 rings (SSSR count). The zero-order chi connectivity index (χ0) is 21.3. The molecule has 1 aromatic heterocycles. The summed E-state index contributed by atoms with van der Waals surface area (Å²) in [4.78, 5) is 16.6. The Morgan fingerprint density at radius 2 is 1.90 bits per heavy atom. The maximum Gasteiger partial charge on any atom is 0.222 e. The summed E-state index contributed by atoms with van der Waals surface area (Å²) in [6, 6.07) is 15.8. The van der Waals surface area contributed by atoms with Crippen LogP contribution in [0, 0.1) is 5.92 Å². The molecular weight excluding hydrogens is 378 g/mol. The Kier molecular flexibility index (Phi) is 7.71. The standard InChI is InChI=1S/C24H31N3O3/c1-18(2)24(28)25-14-13-23-26-21-11-4-5-12-22(21)27(23)15-6-7-16-30-20-10-8-9-19(17-20)29-3/h4-5,8-12,17-18H,6-7,13-16H2,1-3H3,(H,25,28). The molecule has 1 N–H and O–H groups in total. The van der Waals surface area contributed by atoms with Crippen LogP contribution >= 0.6 is 0 Å². The Balaban J connectivity index is 1.55. The first-order chi connectivity index (χ1) is 14.6. The summed E-state index contributed by atoms with van der Waals surface area (Å²) in [5.41, 5.74) is 2.13. The smallest absolute Gasteiger partial charge is 0.222 e. The van der Waals surface area contributed by atoms with Gasteiger partial charge in [0.2, 0.25) is 5.91 Å². The summed E-state index contributed by atoms with van der Waals surface area (Å²) in [6.45, 7) is 5.92. The largest absolute Gasteiger partial charge is 0.497 e. The van der Waals surface area contributed by atoms with Crippen LogP contribution < -0.4 is 14.8 Å². The molecule has 1 amide bonds. The molecule has 30 heavy (non-hydrogen) atoms. The number of carbonyl (C=O) groups excluding carboxylic acids is 1. The molecule has 1 heterocycles. The fourth-order valence-electron chi connectivity index (χ4n) is 3.32. The van der Waals surface area contributed by atoms with Crippen LogP contribution in [0.5, 0.6) is 11.5 Å². The second-order valence-electron chi connectivity index (χ2n) is 7.60. The molecule has 160 valence electrons. The lowest BCUT2D eigenvalue weighted by molar-refractivity contribution is -0.123. The van der Waals surface area contributed by atoms with Crippen molar-refractivity contribution in [3.05, 3.63) is 54.4 Å². The number of carbonyl (C=O) groups is 1. The number of fused-ring (bicyclic) bond motifs is 1. The van der Waals surface area contributed by atoms with Crippen molar-refractivity contribution in [1.29, 1.82) is 0 Å². The molecule has 2 aromatic carbocycles. The van der Waals surface area contributed by atoms with E-state index in [2.05, 4.69) is 16.0 Å². The summed E-state index contributed by atoms with van der Waals surface area (Å²) in [7, 11) is 1.65. The first-order valence-corrected chi connectivity index (χ1v) is 10.6. The van der Waals surface area contributed by atoms with Gasteiger partial charge < -0.3 is 19.4 Å². The molecule has 0 saturated heterocycles. The van der Waals surface area contributed by atoms with E-state index in [1.54, 1.807) is 7.11 Å². The van der Waals surface area contributed by atoms with E-state index < -0.39 is 0 Å². The summed E-state index contributed by atoms with van der Waals surface area (Å²) < 4.78 is 13.3. The zero-order valence-corrected chi connectivity index (χ0v) is 18.1. The Bertz CT molecular complexity index is 965. The van der Waals surface area contributed by atoms with Crippen LogP contribution in [-0.2, 0) is 17.8 Å².